The molecule has 0 saturated heterocycles. The highest BCUT2D eigenvalue weighted by Gasteiger charge is 1.92. The van der Waals surface area contributed by atoms with Crippen molar-refractivity contribution >= 4 is 11.9 Å². The van der Waals surface area contributed by atoms with Crippen LogP contribution in [0.15, 0.2) is 29.4 Å². The molecule has 0 spiro atoms. The van der Waals surface area contributed by atoms with E-state index >= 15 is 0 Å². The van der Waals surface area contributed by atoms with Gasteiger partial charge in [0.2, 0.25) is 0 Å². The molecule has 2 nitrogen and oxygen atoms in total. The van der Waals surface area contributed by atoms with Gasteiger partial charge in [0.15, 0.2) is 0 Å². The second-order valence-corrected chi connectivity index (χ2v) is 3.48. The Kier molecular flexibility index (Phi) is 6.81. The van der Waals surface area contributed by atoms with Crippen LogP contribution in [-0.2, 0) is 0 Å². The number of pyridine rings is 1. The van der Waals surface area contributed by atoms with Crippen LogP contribution in [0, 0.1) is 0 Å². The van der Waals surface area contributed by atoms with E-state index in [4.69, 9.17) is 0 Å². The highest BCUT2D eigenvalue weighted by Crippen LogP contribution is 2.16. The number of nitrogens with zero attached hydrogens (tertiary/aromatic N) is 2. The average Bonchev–Trinajstić information content (AvgIpc) is 2.08. The van der Waals surface area contributed by atoms with Crippen LogP contribution in [-0.4, -0.2) is 23.4 Å². The molecule has 0 radical (unpaired) electrons. The monoisotopic (exact) mass is 184 g/mol. The summed E-state index contributed by atoms with van der Waals surface area (Å²) < 4.78 is 2.04. The van der Waals surface area contributed by atoms with E-state index in [2.05, 4.69) is 4.98 Å². The highest BCUT2D eigenvalue weighted by molar-refractivity contribution is 7.97. The summed E-state index contributed by atoms with van der Waals surface area (Å²) in [5, 5.41) is 0. The first-order valence-corrected chi connectivity index (χ1v) is 4.81. The third-order valence-corrected chi connectivity index (χ3v) is 1.74. The van der Waals surface area contributed by atoms with Gasteiger partial charge in [-0.05, 0) is 38.2 Å². The normalized spacial score (nSPS) is 9.08. The van der Waals surface area contributed by atoms with Gasteiger partial charge in [0.05, 0.1) is 0 Å². The van der Waals surface area contributed by atoms with Crippen LogP contribution in [0.1, 0.15) is 13.8 Å². The maximum Gasteiger partial charge on any atom is 0.0417 e. The average molecular weight is 184 g/mol. The minimum atomic E-state index is 1.17. The zero-order chi connectivity index (χ0) is 9.40. The van der Waals surface area contributed by atoms with Gasteiger partial charge in [0, 0.05) is 17.3 Å². The first-order chi connectivity index (χ1) is 5.79. The maximum atomic E-state index is 3.99. The smallest absolute Gasteiger partial charge is 0.0417 e. The lowest BCUT2D eigenvalue weighted by molar-refractivity contribution is 0.702. The number of hydrogen-bond donors (Lipinski definition) is 0. The Balaban J connectivity index is 0.000000561. The largest absolute Gasteiger partial charge is 0.264 e. The van der Waals surface area contributed by atoms with Crippen LogP contribution in [0.4, 0.5) is 0 Å². The summed E-state index contributed by atoms with van der Waals surface area (Å²) >= 11 is 1.67. The van der Waals surface area contributed by atoms with Crippen LogP contribution in [0.3, 0.4) is 0 Å². The Morgan fingerprint density at radius 2 is 2.00 bits per heavy atom. The summed E-state index contributed by atoms with van der Waals surface area (Å²) in [4.78, 5) is 5.16. The van der Waals surface area contributed by atoms with E-state index in [9.17, 15) is 0 Å². The van der Waals surface area contributed by atoms with Gasteiger partial charge in [-0.25, -0.2) is 0 Å². The SMILES string of the molecule is CC.CN(C)Sc1cccnc1. The first kappa shape index (κ1) is 11.5. The topological polar surface area (TPSA) is 16.1 Å². The summed E-state index contributed by atoms with van der Waals surface area (Å²) in [5.41, 5.74) is 0. The number of hydrogen-bond acceptors (Lipinski definition) is 3. The Labute approximate surface area is 79.1 Å². The Bertz CT molecular complexity index is 187. The summed E-state index contributed by atoms with van der Waals surface area (Å²) in [6.07, 6.45) is 3.63. The fraction of sp³-hybridized carbons (Fsp3) is 0.444. The summed E-state index contributed by atoms with van der Waals surface area (Å²) in [6.45, 7) is 4.00. The third kappa shape index (κ3) is 5.16. The van der Waals surface area contributed by atoms with Gasteiger partial charge in [0.25, 0.3) is 0 Å². The zero-order valence-electron chi connectivity index (χ0n) is 8.11. The van der Waals surface area contributed by atoms with E-state index in [0.717, 1.165) is 0 Å². The van der Waals surface area contributed by atoms with Crippen molar-refractivity contribution in [1.82, 2.24) is 9.29 Å². The summed E-state index contributed by atoms with van der Waals surface area (Å²) in [7, 11) is 4.02. The van der Waals surface area contributed by atoms with Gasteiger partial charge in [0.1, 0.15) is 0 Å². The Morgan fingerprint density at radius 3 is 2.42 bits per heavy atom. The van der Waals surface area contributed by atoms with E-state index in [-0.39, 0.29) is 0 Å². The second-order valence-electron chi connectivity index (χ2n) is 2.09. The standard InChI is InChI=1S/C7H10N2S.C2H6/c1-9(2)10-7-4-3-5-8-6-7;1-2/h3-6H,1-2H3;1-2H3. The summed E-state index contributed by atoms with van der Waals surface area (Å²) in [6, 6.07) is 3.98. The fourth-order valence-corrected chi connectivity index (χ4v) is 1.28. The van der Waals surface area contributed by atoms with Crippen LogP contribution < -0.4 is 0 Å². The highest BCUT2D eigenvalue weighted by atomic mass is 32.2. The Hall–Kier alpha value is -0.540. The van der Waals surface area contributed by atoms with Crippen molar-refractivity contribution in [3.8, 4) is 0 Å². The quantitative estimate of drug-likeness (QED) is 0.657. The van der Waals surface area contributed by atoms with Crippen molar-refractivity contribution in [1.29, 1.82) is 0 Å². The van der Waals surface area contributed by atoms with E-state index in [1.807, 2.05) is 50.6 Å². The molecule has 0 atom stereocenters. The maximum absolute atomic E-state index is 3.99. The first-order valence-electron chi connectivity index (χ1n) is 4.04. The fourth-order valence-electron chi connectivity index (χ4n) is 0.612. The van der Waals surface area contributed by atoms with Gasteiger partial charge < -0.3 is 0 Å². The molecule has 1 aromatic heterocycles. The van der Waals surface area contributed by atoms with Gasteiger partial charge in [-0.2, -0.15) is 0 Å². The minimum Gasteiger partial charge on any atom is -0.264 e. The molecule has 1 heterocycles. The van der Waals surface area contributed by atoms with Crippen LogP contribution in [0.2, 0.25) is 0 Å². The van der Waals surface area contributed by atoms with E-state index < -0.39 is 0 Å². The molecule has 0 aliphatic heterocycles. The third-order valence-electron chi connectivity index (χ3n) is 0.922. The predicted octanol–water partition coefficient (Wildman–Crippen LogP) is 2.68. The van der Waals surface area contributed by atoms with Crippen molar-refractivity contribution in [3.63, 3.8) is 0 Å². The van der Waals surface area contributed by atoms with Crippen molar-refractivity contribution in [3.05, 3.63) is 24.5 Å². The van der Waals surface area contributed by atoms with Gasteiger partial charge in [-0.15, -0.1) is 0 Å². The zero-order valence-corrected chi connectivity index (χ0v) is 8.93. The molecular weight excluding hydrogens is 168 g/mol. The molecule has 68 valence electrons. The molecule has 0 aromatic carbocycles. The predicted molar refractivity (Wildman–Crippen MR) is 55.1 cm³/mol. The summed E-state index contributed by atoms with van der Waals surface area (Å²) in [5.74, 6) is 0. The molecule has 1 aromatic rings. The molecule has 0 saturated carbocycles. The molecular formula is C9H16N2S. The van der Waals surface area contributed by atoms with Gasteiger partial charge in [-0.3, -0.25) is 9.29 Å². The lowest BCUT2D eigenvalue weighted by Gasteiger charge is -2.06. The molecule has 0 unspecified atom stereocenters. The van der Waals surface area contributed by atoms with E-state index in [1.54, 1.807) is 18.1 Å². The Morgan fingerprint density at radius 1 is 1.33 bits per heavy atom. The molecule has 0 N–H and O–H groups in total. The number of rotatable bonds is 2. The molecule has 3 heteroatoms. The molecule has 0 amide bonds. The molecule has 0 fully saturated rings. The molecule has 0 bridgehead atoms. The molecule has 12 heavy (non-hydrogen) atoms. The lowest BCUT2D eigenvalue weighted by Crippen LogP contribution is -1.98. The van der Waals surface area contributed by atoms with Crippen LogP contribution in [0.5, 0.6) is 0 Å². The second kappa shape index (κ2) is 7.13. The van der Waals surface area contributed by atoms with Crippen molar-refractivity contribution < 1.29 is 0 Å². The van der Waals surface area contributed by atoms with Crippen LogP contribution in [0.25, 0.3) is 0 Å². The minimum absolute atomic E-state index is 1.17. The van der Waals surface area contributed by atoms with Gasteiger partial charge >= 0.3 is 0 Å². The van der Waals surface area contributed by atoms with Crippen molar-refractivity contribution in [2.45, 2.75) is 18.7 Å². The van der Waals surface area contributed by atoms with Crippen molar-refractivity contribution in [2.24, 2.45) is 0 Å². The van der Waals surface area contributed by atoms with Crippen molar-refractivity contribution in [2.75, 3.05) is 14.1 Å². The van der Waals surface area contributed by atoms with E-state index in [0.29, 0.717) is 0 Å². The molecule has 0 aliphatic rings. The molecule has 1 rings (SSSR count). The number of aromatic nitrogens is 1. The van der Waals surface area contributed by atoms with E-state index in [1.165, 1.54) is 4.90 Å². The lowest BCUT2D eigenvalue weighted by atomic mass is 10.5. The van der Waals surface area contributed by atoms with Crippen LogP contribution >= 0.6 is 11.9 Å². The molecule has 0 aliphatic carbocycles. The van der Waals surface area contributed by atoms with Gasteiger partial charge in [-0.1, -0.05) is 13.8 Å².